The Balaban J connectivity index is 2.61. The Labute approximate surface area is 63.8 Å². The summed E-state index contributed by atoms with van der Waals surface area (Å²) >= 11 is 0. The van der Waals surface area contributed by atoms with E-state index >= 15 is 0 Å². The van der Waals surface area contributed by atoms with Crippen molar-refractivity contribution in [1.82, 2.24) is 0 Å². The summed E-state index contributed by atoms with van der Waals surface area (Å²) in [6.45, 7) is 8.69. The Morgan fingerprint density at radius 3 is 2.60 bits per heavy atom. The van der Waals surface area contributed by atoms with Crippen LogP contribution >= 0.6 is 0 Å². The van der Waals surface area contributed by atoms with Gasteiger partial charge >= 0.3 is 0 Å². The minimum atomic E-state index is -1.09. The summed E-state index contributed by atoms with van der Waals surface area (Å²) in [5.74, 6) is 0. The van der Waals surface area contributed by atoms with Crippen molar-refractivity contribution in [2.24, 2.45) is 0 Å². The number of hydrogen-bond donors (Lipinski definition) is 1. The number of aliphatic hydroxyl groups excluding tert-OH is 1. The van der Waals surface area contributed by atoms with Gasteiger partial charge in [0.25, 0.3) is 0 Å². The van der Waals surface area contributed by atoms with Gasteiger partial charge in [-0.15, -0.1) is 6.58 Å². The van der Waals surface area contributed by atoms with Crippen LogP contribution in [0.5, 0.6) is 0 Å². The molecule has 1 rings (SSSR count). The van der Waals surface area contributed by atoms with Gasteiger partial charge in [-0.2, -0.15) is 0 Å². The van der Waals surface area contributed by atoms with Crippen LogP contribution in [-0.2, 0) is 0 Å². The van der Waals surface area contributed by atoms with Gasteiger partial charge in [0.15, 0.2) is 0 Å². The molecule has 0 aliphatic carbocycles. The van der Waals surface area contributed by atoms with Gasteiger partial charge in [0, 0.05) is 0 Å². The van der Waals surface area contributed by atoms with E-state index in [1.165, 1.54) is 11.2 Å². The minimum Gasteiger partial charge on any atom is -0.393 e. The number of aliphatic hydroxyl groups is 1. The second kappa shape index (κ2) is 2.51. The van der Waals surface area contributed by atoms with Crippen LogP contribution in [-0.4, -0.2) is 19.3 Å². The van der Waals surface area contributed by atoms with Gasteiger partial charge in [-0.3, -0.25) is 0 Å². The van der Waals surface area contributed by atoms with Crippen molar-refractivity contribution in [2.75, 3.05) is 0 Å². The highest BCUT2D eigenvalue weighted by molar-refractivity contribution is 6.84. The predicted molar refractivity (Wildman–Crippen MR) is 46.7 cm³/mol. The average molecular weight is 156 g/mol. The van der Waals surface area contributed by atoms with E-state index in [0.717, 1.165) is 12.8 Å². The highest BCUT2D eigenvalue weighted by atomic mass is 28.3. The maximum atomic E-state index is 9.27. The van der Waals surface area contributed by atoms with Crippen LogP contribution in [0.2, 0.25) is 19.1 Å². The lowest BCUT2D eigenvalue weighted by Gasteiger charge is -2.32. The van der Waals surface area contributed by atoms with Crippen molar-refractivity contribution in [2.45, 2.75) is 38.1 Å². The van der Waals surface area contributed by atoms with E-state index in [2.05, 4.69) is 19.7 Å². The number of rotatable bonds is 0. The summed E-state index contributed by atoms with van der Waals surface area (Å²) in [5, 5.41) is 10.6. The smallest absolute Gasteiger partial charge is 0.0749 e. The number of hydrogen-bond acceptors (Lipinski definition) is 1. The lowest BCUT2D eigenvalue weighted by Crippen LogP contribution is -2.36. The van der Waals surface area contributed by atoms with Gasteiger partial charge in [0.2, 0.25) is 0 Å². The van der Waals surface area contributed by atoms with E-state index in [1.807, 2.05) is 0 Å². The molecule has 1 heterocycles. The third kappa shape index (κ3) is 1.50. The van der Waals surface area contributed by atoms with Crippen molar-refractivity contribution < 1.29 is 5.11 Å². The zero-order valence-corrected chi connectivity index (χ0v) is 7.85. The molecule has 1 aliphatic rings. The summed E-state index contributed by atoms with van der Waals surface area (Å²) in [4.78, 5) is 0. The molecule has 58 valence electrons. The fourth-order valence-corrected chi connectivity index (χ4v) is 3.56. The van der Waals surface area contributed by atoms with Gasteiger partial charge in [-0.05, 0) is 12.8 Å². The Kier molecular flexibility index (Phi) is 2.01. The topological polar surface area (TPSA) is 20.2 Å². The van der Waals surface area contributed by atoms with Crippen LogP contribution in [0.4, 0.5) is 0 Å². The monoisotopic (exact) mass is 156 g/mol. The maximum absolute atomic E-state index is 9.27. The summed E-state index contributed by atoms with van der Waals surface area (Å²) in [6, 6.07) is 1.22. The standard InChI is InChI=1S/C8H16OSi/c1-7-6-8(9)4-5-10(7,2)3/h8-9H,1,4-6H2,2-3H3. The van der Waals surface area contributed by atoms with Crippen molar-refractivity contribution in [3.05, 3.63) is 11.8 Å². The summed E-state index contributed by atoms with van der Waals surface area (Å²) in [5.41, 5.74) is 0. The molecule has 0 saturated carbocycles. The van der Waals surface area contributed by atoms with Gasteiger partial charge < -0.3 is 5.11 Å². The van der Waals surface area contributed by atoms with Gasteiger partial charge in [0.1, 0.15) is 0 Å². The molecule has 0 radical (unpaired) electrons. The van der Waals surface area contributed by atoms with E-state index in [4.69, 9.17) is 0 Å². The molecule has 1 unspecified atom stereocenters. The van der Waals surface area contributed by atoms with Crippen molar-refractivity contribution in [3.8, 4) is 0 Å². The molecule has 0 spiro atoms. The van der Waals surface area contributed by atoms with Crippen LogP contribution in [0, 0.1) is 0 Å². The molecule has 1 fully saturated rings. The highest BCUT2D eigenvalue weighted by Crippen LogP contribution is 2.30. The van der Waals surface area contributed by atoms with Gasteiger partial charge in [0.05, 0.1) is 14.2 Å². The van der Waals surface area contributed by atoms with Crippen molar-refractivity contribution >= 4 is 8.07 Å². The Morgan fingerprint density at radius 2 is 2.20 bits per heavy atom. The predicted octanol–water partition coefficient (Wildman–Crippen LogP) is 1.94. The average Bonchev–Trinajstić information content (AvgIpc) is 1.81. The first kappa shape index (κ1) is 8.02. The largest absolute Gasteiger partial charge is 0.393 e. The van der Waals surface area contributed by atoms with Crippen LogP contribution in [0.3, 0.4) is 0 Å². The minimum absolute atomic E-state index is 0.0898. The Hall–Kier alpha value is -0.0831. The highest BCUT2D eigenvalue weighted by Gasteiger charge is 2.30. The van der Waals surface area contributed by atoms with Gasteiger partial charge in [-0.25, -0.2) is 0 Å². The lowest BCUT2D eigenvalue weighted by atomic mass is 10.2. The third-order valence-corrected chi connectivity index (χ3v) is 6.20. The first-order valence-electron chi connectivity index (χ1n) is 3.89. The fraction of sp³-hybridized carbons (Fsp3) is 0.750. The normalized spacial score (nSPS) is 32.3. The van der Waals surface area contributed by atoms with Crippen LogP contribution in [0.1, 0.15) is 12.8 Å². The molecule has 10 heavy (non-hydrogen) atoms. The molecule has 2 heteroatoms. The second-order valence-electron chi connectivity index (χ2n) is 3.88. The van der Waals surface area contributed by atoms with E-state index in [-0.39, 0.29) is 6.10 Å². The van der Waals surface area contributed by atoms with Crippen molar-refractivity contribution in [3.63, 3.8) is 0 Å². The lowest BCUT2D eigenvalue weighted by molar-refractivity contribution is 0.168. The molecule has 1 N–H and O–H groups in total. The van der Waals surface area contributed by atoms with E-state index < -0.39 is 8.07 Å². The zero-order chi connectivity index (χ0) is 7.78. The fourth-order valence-electron chi connectivity index (χ4n) is 1.37. The Bertz CT molecular complexity index is 151. The summed E-state index contributed by atoms with van der Waals surface area (Å²) in [7, 11) is -1.09. The molecule has 1 nitrogen and oxygen atoms in total. The molecular weight excluding hydrogens is 140 g/mol. The van der Waals surface area contributed by atoms with Crippen LogP contribution in [0.15, 0.2) is 11.8 Å². The SMILES string of the molecule is C=C1CC(O)CC[Si]1(C)C. The van der Waals surface area contributed by atoms with Gasteiger partial charge in [-0.1, -0.05) is 24.3 Å². The summed E-state index contributed by atoms with van der Waals surface area (Å²) < 4.78 is 0. The molecule has 0 amide bonds. The molecule has 1 atom stereocenters. The molecule has 0 aromatic carbocycles. The molecule has 0 aromatic heterocycles. The van der Waals surface area contributed by atoms with Crippen molar-refractivity contribution in [1.29, 1.82) is 0 Å². The second-order valence-corrected chi connectivity index (χ2v) is 8.86. The molecule has 1 aliphatic heterocycles. The first-order chi connectivity index (χ1) is 4.52. The van der Waals surface area contributed by atoms with E-state index in [1.54, 1.807) is 0 Å². The molecule has 0 bridgehead atoms. The zero-order valence-electron chi connectivity index (χ0n) is 6.85. The molecule has 1 saturated heterocycles. The maximum Gasteiger partial charge on any atom is 0.0749 e. The third-order valence-electron chi connectivity index (χ3n) is 2.54. The van der Waals surface area contributed by atoms with Crippen LogP contribution in [0.25, 0.3) is 0 Å². The quantitative estimate of drug-likeness (QED) is 0.531. The van der Waals surface area contributed by atoms with Crippen LogP contribution < -0.4 is 0 Å². The Morgan fingerprint density at radius 1 is 1.60 bits per heavy atom. The van der Waals surface area contributed by atoms with E-state index in [0.29, 0.717) is 0 Å². The first-order valence-corrected chi connectivity index (χ1v) is 7.09. The molecular formula is C8H16OSi. The van der Waals surface area contributed by atoms with E-state index in [9.17, 15) is 5.11 Å². The molecule has 0 aromatic rings. The summed E-state index contributed by atoms with van der Waals surface area (Å²) in [6.07, 6.45) is 1.77.